The Morgan fingerprint density at radius 3 is 2.64 bits per heavy atom. The number of nitrogen functional groups attached to an aromatic ring is 1. The number of para-hydroxylation sites is 1. The fourth-order valence-corrected chi connectivity index (χ4v) is 2.47. The van der Waals surface area contributed by atoms with Gasteiger partial charge in [0.15, 0.2) is 0 Å². The van der Waals surface area contributed by atoms with E-state index in [1.54, 1.807) is 6.20 Å². The molecule has 0 fully saturated rings. The first kappa shape index (κ1) is 12.5. The SMILES string of the molecule is Nc1nnc(-c2ccccn2)c(-c2c[nH]c3ccccc23)n1. The van der Waals surface area contributed by atoms with Gasteiger partial charge in [-0.1, -0.05) is 24.3 Å². The Morgan fingerprint density at radius 2 is 1.77 bits per heavy atom. The summed E-state index contributed by atoms with van der Waals surface area (Å²) < 4.78 is 0. The lowest BCUT2D eigenvalue weighted by Gasteiger charge is -2.06. The van der Waals surface area contributed by atoms with Crippen LogP contribution in [0.3, 0.4) is 0 Å². The van der Waals surface area contributed by atoms with Gasteiger partial charge in [-0.25, -0.2) is 4.98 Å². The van der Waals surface area contributed by atoms with Crippen LogP contribution in [0.25, 0.3) is 33.5 Å². The first-order valence-corrected chi connectivity index (χ1v) is 6.81. The van der Waals surface area contributed by atoms with E-state index < -0.39 is 0 Å². The maximum absolute atomic E-state index is 5.74. The second-order valence-electron chi connectivity index (χ2n) is 4.83. The number of fused-ring (bicyclic) bond motifs is 1. The molecule has 4 rings (SSSR count). The summed E-state index contributed by atoms with van der Waals surface area (Å²) in [4.78, 5) is 12.0. The predicted molar refractivity (Wildman–Crippen MR) is 84.8 cm³/mol. The highest BCUT2D eigenvalue weighted by atomic mass is 15.2. The van der Waals surface area contributed by atoms with Gasteiger partial charge in [0.25, 0.3) is 0 Å². The molecule has 0 spiro atoms. The smallest absolute Gasteiger partial charge is 0.240 e. The van der Waals surface area contributed by atoms with Crippen LogP contribution >= 0.6 is 0 Å². The quantitative estimate of drug-likeness (QED) is 0.591. The molecule has 106 valence electrons. The molecule has 0 aliphatic rings. The van der Waals surface area contributed by atoms with Crippen LogP contribution in [0.2, 0.25) is 0 Å². The van der Waals surface area contributed by atoms with E-state index in [0.29, 0.717) is 17.1 Å². The molecule has 0 saturated heterocycles. The molecule has 0 saturated carbocycles. The van der Waals surface area contributed by atoms with E-state index in [4.69, 9.17) is 5.73 Å². The van der Waals surface area contributed by atoms with Crippen molar-refractivity contribution in [2.24, 2.45) is 0 Å². The zero-order valence-electron chi connectivity index (χ0n) is 11.6. The monoisotopic (exact) mass is 288 g/mol. The molecule has 22 heavy (non-hydrogen) atoms. The summed E-state index contributed by atoms with van der Waals surface area (Å²) in [6, 6.07) is 13.6. The van der Waals surface area contributed by atoms with Crippen molar-refractivity contribution in [2.45, 2.75) is 0 Å². The number of aromatic nitrogens is 5. The van der Waals surface area contributed by atoms with E-state index in [1.807, 2.05) is 48.7 Å². The Bertz CT molecular complexity index is 945. The number of anilines is 1. The summed E-state index contributed by atoms with van der Waals surface area (Å²) in [6.45, 7) is 0. The summed E-state index contributed by atoms with van der Waals surface area (Å²) in [7, 11) is 0. The third-order valence-electron chi connectivity index (χ3n) is 3.45. The van der Waals surface area contributed by atoms with Crippen molar-refractivity contribution in [3.05, 3.63) is 54.9 Å². The minimum atomic E-state index is 0.139. The summed E-state index contributed by atoms with van der Waals surface area (Å²) in [5.41, 5.74) is 9.69. The second kappa shape index (κ2) is 4.92. The van der Waals surface area contributed by atoms with E-state index in [0.717, 1.165) is 16.5 Å². The molecule has 0 radical (unpaired) electrons. The Kier molecular flexibility index (Phi) is 2.79. The molecule has 0 aliphatic heterocycles. The van der Waals surface area contributed by atoms with Crippen molar-refractivity contribution in [3.63, 3.8) is 0 Å². The number of hydrogen-bond acceptors (Lipinski definition) is 5. The average molecular weight is 288 g/mol. The van der Waals surface area contributed by atoms with Crippen LogP contribution in [-0.2, 0) is 0 Å². The van der Waals surface area contributed by atoms with Crippen molar-refractivity contribution in [3.8, 4) is 22.6 Å². The van der Waals surface area contributed by atoms with Gasteiger partial charge < -0.3 is 10.7 Å². The van der Waals surface area contributed by atoms with Gasteiger partial charge in [-0.2, -0.15) is 0 Å². The first-order valence-electron chi connectivity index (χ1n) is 6.81. The van der Waals surface area contributed by atoms with E-state index in [9.17, 15) is 0 Å². The molecule has 1 aromatic carbocycles. The van der Waals surface area contributed by atoms with Crippen LogP contribution in [-0.4, -0.2) is 25.1 Å². The van der Waals surface area contributed by atoms with Crippen LogP contribution in [0, 0.1) is 0 Å². The Hall–Kier alpha value is -3.28. The number of rotatable bonds is 2. The molecule has 3 aromatic heterocycles. The molecule has 3 N–H and O–H groups in total. The number of nitrogens with one attached hydrogen (secondary N) is 1. The molecule has 6 nitrogen and oxygen atoms in total. The van der Waals surface area contributed by atoms with E-state index in [-0.39, 0.29) is 5.95 Å². The van der Waals surface area contributed by atoms with Gasteiger partial charge in [0.05, 0.1) is 5.69 Å². The summed E-state index contributed by atoms with van der Waals surface area (Å²) in [6.07, 6.45) is 3.62. The molecule has 0 atom stereocenters. The van der Waals surface area contributed by atoms with Crippen molar-refractivity contribution in [2.75, 3.05) is 5.73 Å². The highest BCUT2D eigenvalue weighted by Gasteiger charge is 2.16. The molecule has 0 bridgehead atoms. The predicted octanol–water partition coefficient (Wildman–Crippen LogP) is 2.66. The summed E-state index contributed by atoms with van der Waals surface area (Å²) >= 11 is 0. The van der Waals surface area contributed by atoms with Crippen LogP contribution < -0.4 is 5.73 Å². The molecule has 0 aliphatic carbocycles. The second-order valence-corrected chi connectivity index (χ2v) is 4.83. The number of pyridine rings is 1. The number of aromatic amines is 1. The average Bonchev–Trinajstić information content (AvgIpc) is 2.99. The zero-order valence-corrected chi connectivity index (χ0v) is 11.6. The highest BCUT2D eigenvalue weighted by Crippen LogP contribution is 2.32. The van der Waals surface area contributed by atoms with Gasteiger partial charge in [-0.05, 0) is 18.2 Å². The maximum atomic E-state index is 5.74. The van der Waals surface area contributed by atoms with Gasteiger partial charge in [0.1, 0.15) is 11.4 Å². The molecule has 3 heterocycles. The Labute approximate surface area is 126 Å². The molecule has 0 unspecified atom stereocenters. The minimum absolute atomic E-state index is 0.139. The lowest BCUT2D eigenvalue weighted by Crippen LogP contribution is -2.02. The van der Waals surface area contributed by atoms with Crippen LogP contribution in [0.15, 0.2) is 54.9 Å². The number of nitrogens with two attached hydrogens (primary N) is 1. The van der Waals surface area contributed by atoms with Crippen molar-refractivity contribution < 1.29 is 0 Å². The van der Waals surface area contributed by atoms with Gasteiger partial charge in [-0.15, -0.1) is 10.2 Å². The third kappa shape index (κ3) is 1.98. The lowest BCUT2D eigenvalue weighted by molar-refractivity contribution is 0.991. The first-order chi connectivity index (χ1) is 10.8. The Morgan fingerprint density at radius 1 is 0.909 bits per heavy atom. The van der Waals surface area contributed by atoms with Gasteiger partial charge in [0.2, 0.25) is 5.95 Å². The van der Waals surface area contributed by atoms with E-state index in [2.05, 4.69) is 25.1 Å². The van der Waals surface area contributed by atoms with Crippen molar-refractivity contribution >= 4 is 16.9 Å². The molecule has 0 amide bonds. The van der Waals surface area contributed by atoms with E-state index >= 15 is 0 Å². The number of benzene rings is 1. The van der Waals surface area contributed by atoms with Crippen molar-refractivity contribution in [1.29, 1.82) is 0 Å². The molecule has 4 aromatic rings. The van der Waals surface area contributed by atoms with Crippen LogP contribution in [0.1, 0.15) is 0 Å². The molecular formula is C16H12N6. The van der Waals surface area contributed by atoms with Crippen LogP contribution in [0.5, 0.6) is 0 Å². The van der Waals surface area contributed by atoms with E-state index in [1.165, 1.54) is 0 Å². The molecule has 6 heteroatoms. The zero-order chi connectivity index (χ0) is 14.9. The topological polar surface area (TPSA) is 93.4 Å². The van der Waals surface area contributed by atoms with Crippen LogP contribution in [0.4, 0.5) is 5.95 Å². The minimum Gasteiger partial charge on any atom is -0.366 e. The number of hydrogen-bond donors (Lipinski definition) is 2. The fourth-order valence-electron chi connectivity index (χ4n) is 2.47. The number of H-pyrrole nitrogens is 1. The largest absolute Gasteiger partial charge is 0.366 e. The van der Waals surface area contributed by atoms with Gasteiger partial charge in [0, 0.05) is 28.9 Å². The molecular weight excluding hydrogens is 276 g/mol. The number of nitrogens with zero attached hydrogens (tertiary/aromatic N) is 4. The fraction of sp³-hybridized carbons (Fsp3) is 0. The normalized spacial score (nSPS) is 10.9. The van der Waals surface area contributed by atoms with Gasteiger partial charge >= 0.3 is 0 Å². The lowest BCUT2D eigenvalue weighted by atomic mass is 10.1. The summed E-state index contributed by atoms with van der Waals surface area (Å²) in [5.74, 6) is 0.139. The summed E-state index contributed by atoms with van der Waals surface area (Å²) in [5, 5.41) is 9.13. The van der Waals surface area contributed by atoms with Crippen molar-refractivity contribution in [1.82, 2.24) is 25.1 Å². The highest BCUT2D eigenvalue weighted by molar-refractivity contribution is 5.97. The van der Waals surface area contributed by atoms with Gasteiger partial charge in [-0.3, -0.25) is 4.98 Å². The third-order valence-corrected chi connectivity index (χ3v) is 3.45. The Balaban J connectivity index is 2.00. The maximum Gasteiger partial charge on any atom is 0.240 e. The standard InChI is InChI=1S/C16H12N6/c17-16-20-14(11-9-19-12-6-2-1-5-10(11)12)15(21-22-16)13-7-3-4-8-18-13/h1-9,19H,(H2,17,20,22).